The van der Waals surface area contributed by atoms with E-state index in [1.165, 1.54) is 12.5 Å². The van der Waals surface area contributed by atoms with Crippen molar-refractivity contribution < 1.29 is 13.2 Å². The summed E-state index contributed by atoms with van der Waals surface area (Å²) in [6.45, 7) is 4.11. The molecule has 2 aromatic carbocycles. The molecule has 0 heterocycles. The quantitative estimate of drug-likeness (QED) is 0.408. The first-order valence-electron chi connectivity index (χ1n) is 10.9. The van der Waals surface area contributed by atoms with Crippen molar-refractivity contribution in [3.63, 3.8) is 0 Å². The lowest BCUT2D eigenvalue weighted by Gasteiger charge is -2.27. The van der Waals surface area contributed by atoms with E-state index >= 15 is 0 Å². The van der Waals surface area contributed by atoms with Crippen LogP contribution < -0.4 is 0 Å². The van der Waals surface area contributed by atoms with Crippen LogP contribution in [0.5, 0.6) is 0 Å². The summed E-state index contributed by atoms with van der Waals surface area (Å²) in [4.78, 5) is 0. The van der Waals surface area contributed by atoms with E-state index in [-0.39, 0.29) is 17.3 Å². The highest BCUT2D eigenvalue weighted by Gasteiger charge is 2.26. The van der Waals surface area contributed by atoms with E-state index < -0.39 is 11.7 Å². The molecular weight excluding hydrogens is 369 g/mol. The van der Waals surface area contributed by atoms with Crippen molar-refractivity contribution in [1.82, 2.24) is 0 Å². The Morgan fingerprint density at radius 1 is 1.07 bits per heavy atom. The smallest absolute Gasteiger partial charge is 0.162 e. The minimum atomic E-state index is -0.789. The largest absolute Gasteiger partial charge is 0.208 e. The minimum Gasteiger partial charge on any atom is -0.208 e. The van der Waals surface area contributed by atoms with Crippen molar-refractivity contribution in [2.24, 2.45) is 11.8 Å². The molecule has 1 aliphatic carbocycles. The summed E-state index contributed by atoms with van der Waals surface area (Å²) in [5.74, 6) is -1.37. The van der Waals surface area contributed by atoms with E-state index in [0.29, 0.717) is 41.5 Å². The molecule has 29 heavy (non-hydrogen) atoms. The summed E-state index contributed by atoms with van der Waals surface area (Å²) in [7, 11) is 0. The second-order valence-corrected chi connectivity index (χ2v) is 8.25. The van der Waals surface area contributed by atoms with E-state index in [4.69, 9.17) is 0 Å². The molecule has 0 bridgehead atoms. The maximum absolute atomic E-state index is 14.9. The third-order valence-corrected chi connectivity index (χ3v) is 6.22. The Balaban J connectivity index is 1.80. The molecule has 0 aromatic heterocycles. The lowest BCUT2D eigenvalue weighted by atomic mass is 9.79. The van der Waals surface area contributed by atoms with Gasteiger partial charge in [0.15, 0.2) is 5.83 Å². The molecule has 0 unspecified atom stereocenters. The second-order valence-electron chi connectivity index (χ2n) is 8.25. The summed E-state index contributed by atoms with van der Waals surface area (Å²) < 4.78 is 44.5. The van der Waals surface area contributed by atoms with Crippen LogP contribution in [-0.2, 0) is 6.42 Å². The highest BCUT2D eigenvalue weighted by molar-refractivity contribution is 5.87. The van der Waals surface area contributed by atoms with E-state index in [9.17, 15) is 13.2 Å². The highest BCUT2D eigenvalue weighted by Crippen LogP contribution is 2.39. The molecule has 3 heteroatoms. The topological polar surface area (TPSA) is 0 Å². The standard InChI is InChI=1S/C26H31F3/c1-3-5-6-8-19-13-14-21-17-22(15-16-23(21)24(19)27)26(29)25(28)20-11-9-18(7-4-2)10-12-20/h3,5,13-18,20H,4,6-12H2,1-2H3/b5-3+,26-25?. The van der Waals surface area contributed by atoms with Gasteiger partial charge in [-0.05, 0) is 68.4 Å². The van der Waals surface area contributed by atoms with Gasteiger partial charge in [-0.2, -0.15) is 0 Å². The van der Waals surface area contributed by atoms with Crippen LogP contribution in [0.2, 0.25) is 0 Å². The molecule has 1 aliphatic rings. The molecule has 0 N–H and O–H groups in total. The van der Waals surface area contributed by atoms with Gasteiger partial charge in [0.25, 0.3) is 0 Å². The van der Waals surface area contributed by atoms with Gasteiger partial charge in [0.2, 0.25) is 0 Å². The Bertz CT molecular complexity index is 886. The van der Waals surface area contributed by atoms with Gasteiger partial charge < -0.3 is 0 Å². The summed E-state index contributed by atoms with van der Waals surface area (Å²) in [6, 6.07) is 8.18. The third-order valence-electron chi connectivity index (χ3n) is 6.22. The van der Waals surface area contributed by atoms with Crippen LogP contribution in [0, 0.1) is 17.7 Å². The number of benzene rings is 2. The van der Waals surface area contributed by atoms with E-state index in [0.717, 1.165) is 25.7 Å². The fraction of sp³-hybridized carbons (Fsp3) is 0.462. The Labute approximate surface area is 172 Å². The molecule has 0 nitrogen and oxygen atoms in total. The number of hydrogen-bond donors (Lipinski definition) is 0. The first-order chi connectivity index (χ1) is 14.0. The minimum absolute atomic E-state index is 0.201. The molecule has 0 saturated heterocycles. The Morgan fingerprint density at radius 2 is 1.83 bits per heavy atom. The van der Waals surface area contributed by atoms with Crippen LogP contribution in [-0.4, -0.2) is 0 Å². The summed E-state index contributed by atoms with van der Waals surface area (Å²) in [5.41, 5.74) is 0.848. The fourth-order valence-corrected chi connectivity index (χ4v) is 4.50. The molecular formula is C26H31F3. The molecule has 0 aliphatic heterocycles. The number of hydrogen-bond acceptors (Lipinski definition) is 0. The predicted octanol–water partition coefficient (Wildman–Crippen LogP) is 8.70. The lowest BCUT2D eigenvalue weighted by Crippen LogP contribution is -2.15. The molecule has 1 saturated carbocycles. The fourth-order valence-electron chi connectivity index (χ4n) is 4.50. The van der Waals surface area contributed by atoms with Crippen LogP contribution >= 0.6 is 0 Å². The molecule has 2 aromatic rings. The first kappa shape index (κ1) is 21.7. The zero-order chi connectivity index (χ0) is 20.8. The molecule has 0 atom stereocenters. The van der Waals surface area contributed by atoms with E-state index in [1.54, 1.807) is 24.3 Å². The van der Waals surface area contributed by atoms with Gasteiger partial charge in [-0.15, -0.1) is 0 Å². The van der Waals surface area contributed by atoms with Gasteiger partial charge >= 0.3 is 0 Å². The summed E-state index contributed by atoms with van der Waals surface area (Å²) in [6.07, 6.45) is 11.0. The van der Waals surface area contributed by atoms with Gasteiger partial charge in [0, 0.05) is 16.9 Å². The number of fused-ring (bicyclic) bond motifs is 1. The molecule has 156 valence electrons. The van der Waals surface area contributed by atoms with Crippen LogP contribution in [0.25, 0.3) is 16.6 Å². The zero-order valence-electron chi connectivity index (χ0n) is 17.5. The Hall–Kier alpha value is -2.03. The van der Waals surface area contributed by atoms with Crippen molar-refractivity contribution >= 4 is 16.6 Å². The van der Waals surface area contributed by atoms with Crippen LogP contribution in [0.1, 0.15) is 69.9 Å². The summed E-state index contributed by atoms with van der Waals surface area (Å²) >= 11 is 0. The average Bonchev–Trinajstić information content (AvgIpc) is 2.75. The van der Waals surface area contributed by atoms with Crippen molar-refractivity contribution in [3.05, 3.63) is 65.3 Å². The van der Waals surface area contributed by atoms with Gasteiger partial charge in [-0.1, -0.05) is 56.2 Å². The van der Waals surface area contributed by atoms with E-state index in [1.807, 2.05) is 19.1 Å². The van der Waals surface area contributed by atoms with Crippen LogP contribution in [0.3, 0.4) is 0 Å². The van der Waals surface area contributed by atoms with Crippen molar-refractivity contribution in [1.29, 1.82) is 0 Å². The van der Waals surface area contributed by atoms with Gasteiger partial charge in [-0.3, -0.25) is 0 Å². The zero-order valence-corrected chi connectivity index (χ0v) is 17.5. The highest BCUT2D eigenvalue weighted by atomic mass is 19.2. The monoisotopic (exact) mass is 400 g/mol. The maximum atomic E-state index is 14.9. The third kappa shape index (κ3) is 5.12. The molecule has 0 spiro atoms. The summed E-state index contributed by atoms with van der Waals surface area (Å²) in [5, 5.41) is 1.06. The van der Waals surface area contributed by atoms with Crippen molar-refractivity contribution in [3.8, 4) is 0 Å². The second kappa shape index (κ2) is 10.1. The normalized spacial score (nSPS) is 21.0. The SMILES string of the molecule is C/C=C/CCc1ccc2cc(C(F)=C(F)C3CCC(CCC)CC3)ccc2c1F. The first-order valence-corrected chi connectivity index (χ1v) is 10.9. The molecule has 0 radical (unpaired) electrons. The van der Waals surface area contributed by atoms with Gasteiger partial charge in [-0.25, -0.2) is 13.2 Å². The van der Waals surface area contributed by atoms with Crippen molar-refractivity contribution in [2.75, 3.05) is 0 Å². The van der Waals surface area contributed by atoms with Crippen LogP contribution in [0.4, 0.5) is 13.2 Å². The predicted molar refractivity (Wildman–Crippen MR) is 117 cm³/mol. The van der Waals surface area contributed by atoms with E-state index in [2.05, 4.69) is 6.92 Å². The molecule has 3 rings (SSSR count). The maximum Gasteiger partial charge on any atom is 0.162 e. The number of rotatable bonds is 7. The Kier molecular flexibility index (Phi) is 7.57. The average molecular weight is 401 g/mol. The van der Waals surface area contributed by atoms with Gasteiger partial charge in [0.05, 0.1) is 0 Å². The number of halogens is 3. The Morgan fingerprint density at radius 3 is 2.52 bits per heavy atom. The van der Waals surface area contributed by atoms with Crippen molar-refractivity contribution in [2.45, 2.75) is 65.2 Å². The molecule has 0 amide bonds. The van der Waals surface area contributed by atoms with Crippen LogP contribution in [0.15, 0.2) is 48.3 Å². The number of allylic oxidation sites excluding steroid dienone is 3. The molecule has 1 fully saturated rings. The van der Waals surface area contributed by atoms with Gasteiger partial charge in [0.1, 0.15) is 11.6 Å². The lowest BCUT2D eigenvalue weighted by molar-refractivity contribution is 0.261. The number of aryl methyl sites for hydroxylation is 1.